The largest absolute Gasteiger partial charge is 0.481 e. The molecule has 0 aromatic heterocycles. The zero-order chi connectivity index (χ0) is 15.4. The number of benzene rings is 1. The predicted octanol–water partition coefficient (Wildman–Crippen LogP) is 2.03. The summed E-state index contributed by atoms with van der Waals surface area (Å²) in [6, 6.07) is 4.94. The number of likely N-dealkylation sites (tertiary alicyclic amines) is 1. The Morgan fingerprint density at radius 1 is 1.38 bits per heavy atom. The zero-order valence-corrected chi connectivity index (χ0v) is 11.2. The van der Waals surface area contributed by atoms with Gasteiger partial charge in [0.2, 0.25) is 0 Å². The summed E-state index contributed by atoms with van der Waals surface area (Å²) in [4.78, 5) is 24.4. The molecule has 1 fully saturated rings. The highest BCUT2D eigenvalue weighted by molar-refractivity contribution is 5.91. The third-order valence-electron chi connectivity index (χ3n) is 3.48. The van der Waals surface area contributed by atoms with Gasteiger partial charge in [-0.1, -0.05) is 0 Å². The minimum atomic E-state index is -0.847. The smallest absolute Gasteiger partial charge is 0.321 e. The van der Waals surface area contributed by atoms with Gasteiger partial charge < -0.3 is 15.3 Å². The maximum Gasteiger partial charge on any atom is 0.321 e. The highest BCUT2D eigenvalue weighted by atomic mass is 19.1. The lowest BCUT2D eigenvalue weighted by Crippen LogP contribution is -2.42. The van der Waals surface area contributed by atoms with Gasteiger partial charge in [-0.2, -0.15) is 5.26 Å². The molecular formula is C14H14FN3O3. The van der Waals surface area contributed by atoms with E-state index in [9.17, 15) is 14.0 Å². The first-order chi connectivity index (χ1) is 10.0. The number of halogens is 1. The molecule has 2 amide bonds. The lowest BCUT2D eigenvalue weighted by Gasteiger charge is -2.30. The summed E-state index contributed by atoms with van der Waals surface area (Å²) in [6.45, 7) is 0.678. The van der Waals surface area contributed by atoms with Gasteiger partial charge in [-0.3, -0.25) is 4.79 Å². The highest BCUT2D eigenvalue weighted by Gasteiger charge is 2.27. The van der Waals surface area contributed by atoms with E-state index in [1.165, 1.54) is 11.0 Å². The number of anilines is 1. The number of amides is 2. The van der Waals surface area contributed by atoms with Crippen LogP contribution in [-0.2, 0) is 4.79 Å². The van der Waals surface area contributed by atoms with E-state index < -0.39 is 23.7 Å². The minimum absolute atomic E-state index is 0.0452. The Hall–Kier alpha value is -2.62. The molecule has 1 saturated heterocycles. The lowest BCUT2D eigenvalue weighted by molar-refractivity contribution is -0.143. The summed E-state index contributed by atoms with van der Waals surface area (Å²) in [7, 11) is 0. The van der Waals surface area contributed by atoms with E-state index in [0.717, 1.165) is 12.1 Å². The molecule has 2 rings (SSSR count). The van der Waals surface area contributed by atoms with Gasteiger partial charge in [-0.25, -0.2) is 9.18 Å². The molecule has 7 heteroatoms. The van der Waals surface area contributed by atoms with Gasteiger partial charge in [-0.05, 0) is 31.0 Å². The number of hydrogen-bond acceptors (Lipinski definition) is 3. The number of carboxylic acids is 1. The molecule has 1 aromatic rings. The van der Waals surface area contributed by atoms with Gasteiger partial charge in [0.05, 0.1) is 17.2 Å². The Morgan fingerprint density at radius 3 is 2.62 bits per heavy atom. The fraction of sp³-hybridized carbons (Fsp3) is 0.357. The van der Waals surface area contributed by atoms with Crippen LogP contribution < -0.4 is 5.32 Å². The average Bonchev–Trinajstić information content (AvgIpc) is 2.49. The molecular weight excluding hydrogens is 277 g/mol. The Bertz CT molecular complexity index is 604. The third kappa shape index (κ3) is 3.48. The predicted molar refractivity (Wildman–Crippen MR) is 72.1 cm³/mol. The Morgan fingerprint density at radius 2 is 2.05 bits per heavy atom. The summed E-state index contributed by atoms with van der Waals surface area (Å²) >= 11 is 0. The molecule has 1 aliphatic rings. The van der Waals surface area contributed by atoms with Gasteiger partial charge in [0, 0.05) is 13.1 Å². The summed E-state index contributed by atoms with van der Waals surface area (Å²) < 4.78 is 13.0. The second kappa shape index (κ2) is 6.22. The Kier molecular flexibility index (Phi) is 4.38. The van der Waals surface area contributed by atoms with Crippen LogP contribution in [0.1, 0.15) is 18.4 Å². The van der Waals surface area contributed by atoms with Crippen molar-refractivity contribution in [3.05, 3.63) is 29.6 Å². The van der Waals surface area contributed by atoms with Crippen LogP contribution in [-0.4, -0.2) is 35.1 Å². The van der Waals surface area contributed by atoms with Crippen LogP contribution in [0.3, 0.4) is 0 Å². The number of carbonyl (C=O) groups excluding carboxylic acids is 1. The number of nitrogens with zero attached hydrogens (tertiary/aromatic N) is 2. The van der Waals surface area contributed by atoms with Crippen LogP contribution >= 0.6 is 0 Å². The maximum absolute atomic E-state index is 13.0. The van der Waals surface area contributed by atoms with Crippen molar-refractivity contribution in [3.8, 4) is 6.07 Å². The van der Waals surface area contributed by atoms with Crippen LogP contribution in [0.2, 0.25) is 0 Å². The molecule has 110 valence electrons. The number of carboxylic acid groups (broad SMARTS) is 1. The Labute approximate surface area is 120 Å². The van der Waals surface area contributed by atoms with E-state index in [1.54, 1.807) is 0 Å². The lowest BCUT2D eigenvalue weighted by atomic mass is 9.97. The molecule has 0 aliphatic carbocycles. The third-order valence-corrected chi connectivity index (χ3v) is 3.48. The summed E-state index contributed by atoms with van der Waals surface area (Å²) in [5, 5.41) is 20.4. The van der Waals surface area contributed by atoms with Crippen molar-refractivity contribution in [2.75, 3.05) is 18.4 Å². The van der Waals surface area contributed by atoms with Crippen molar-refractivity contribution < 1.29 is 19.1 Å². The summed E-state index contributed by atoms with van der Waals surface area (Å²) in [5.41, 5.74) is 0.285. The van der Waals surface area contributed by atoms with Crippen molar-refractivity contribution >= 4 is 17.7 Å². The first-order valence-electron chi connectivity index (χ1n) is 6.49. The second-order valence-corrected chi connectivity index (χ2v) is 4.83. The van der Waals surface area contributed by atoms with Gasteiger partial charge in [0.1, 0.15) is 11.9 Å². The van der Waals surface area contributed by atoms with E-state index in [1.807, 2.05) is 6.07 Å². The van der Waals surface area contributed by atoms with E-state index in [-0.39, 0.29) is 11.3 Å². The topological polar surface area (TPSA) is 93.4 Å². The van der Waals surface area contributed by atoms with Crippen LogP contribution in [0.15, 0.2) is 18.2 Å². The molecule has 6 nitrogen and oxygen atoms in total. The second-order valence-electron chi connectivity index (χ2n) is 4.83. The minimum Gasteiger partial charge on any atom is -0.481 e. The van der Waals surface area contributed by atoms with Gasteiger partial charge in [0.15, 0.2) is 0 Å². The molecule has 1 aliphatic heterocycles. The fourth-order valence-corrected chi connectivity index (χ4v) is 2.24. The van der Waals surface area contributed by atoms with Crippen molar-refractivity contribution in [2.24, 2.45) is 5.92 Å². The normalized spacial score (nSPS) is 15.3. The highest BCUT2D eigenvalue weighted by Crippen LogP contribution is 2.20. The quantitative estimate of drug-likeness (QED) is 0.871. The van der Waals surface area contributed by atoms with Crippen molar-refractivity contribution in [1.82, 2.24) is 4.90 Å². The number of rotatable bonds is 2. The van der Waals surface area contributed by atoms with Crippen molar-refractivity contribution in [1.29, 1.82) is 5.26 Å². The fourth-order valence-electron chi connectivity index (χ4n) is 2.24. The van der Waals surface area contributed by atoms with Gasteiger partial charge in [0.25, 0.3) is 0 Å². The van der Waals surface area contributed by atoms with E-state index in [2.05, 4.69) is 5.32 Å². The van der Waals surface area contributed by atoms with Crippen molar-refractivity contribution in [3.63, 3.8) is 0 Å². The van der Waals surface area contributed by atoms with Crippen LogP contribution in [0.4, 0.5) is 14.9 Å². The van der Waals surface area contributed by atoms with Gasteiger partial charge in [-0.15, -0.1) is 0 Å². The summed E-state index contributed by atoms with van der Waals surface area (Å²) in [5.74, 6) is -1.82. The van der Waals surface area contributed by atoms with E-state index in [0.29, 0.717) is 25.9 Å². The first-order valence-corrected chi connectivity index (χ1v) is 6.49. The maximum atomic E-state index is 13.0. The number of aliphatic carboxylic acids is 1. The monoisotopic (exact) mass is 291 g/mol. The molecule has 0 atom stereocenters. The molecule has 0 bridgehead atoms. The van der Waals surface area contributed by atoms with E-state index in [4.69, 9.17) is 10.4 Å². The molecule has 1 heterocycles. The SMILES string of the molecule is N#Cc1cc(F)ccc1NC(=O)N1CCC(C(=O)O)CC1. The zero-order valence-electron chi connectivity index (χ0n) is 11.2. The number of nitrogens with one attached hydrogen (secondary N) is 1. The standard InChI is InChI=1S/C14H14FN3O3/c15-11-1-2-12(10(7-11)8-16)17-14(21)18-5-3-9(4-6-18)13(19)20/h1-2,7,9H,3-6H2,(H,17,21)(H,19,20). The molecule has 0 saturated carbocycles. The molecule has 0 radical (unpaired) electrons. The number of carbonyl (C=O) groups is 2. The number of urea groups is 1. The van der Waals surface area contributed by atoms with Crippen LogP contribution in [0.25, 0.3) is 0 Å². The number of piperidine rings is 1. The first kappa shape index (κ1) is 14.8. The summed E-state index contributed by atoms with van der Waals surface area (Å²) in [6.07, 6.45) is 0.800. The number of nitriles is 1. The van der Waals surface area contributed by atoms with E-state index >= 15 is 0 Å². The van der Waals surface area contributed by atoms with Crippen LogP contribution in [0, 0.1) is 23.1 Å². The van der Waals surface area contributed by atoms with Crippen molar-refractivity contribution in [2.45, 2.75) is 12.8 Å². The molecule has 2 N–H and O–H groups in total. The molecule has 0 unspecified atom stereocenters. The van der Waals surface area contributed by atoms with Crippen LogP contribution in [0.5, 0.6) is 0 Å². The average molecular weight is 291 g/mol. The molecule has 21 heavy (non-hydrogen) atoms. The Balaban J connectivity index is 2.00. The molecule has 1 aromatic carbocycles. The molecule has 0 spiro atoms. The van der Waals surface area contributed by atoms with Gasteiger partial charge >= 0.3 is 12.0 Å². The number of hydrogen-bond donors (Lipinski definition) is 2.